The van der Waals surface area contributed by atoms with Crippen LogP contribution in [-0.2, 0) is 6.54 Å². The number of carbonyl (C=O) groups is 1. The number of hydrogen-bond donors (Lipinski definition) is 0. The largest absolute Gasteiger partial charge is 0.324 e. The standard InChI is InChI=1S/C18H15N3O3/c1-13-15(8-5-9-16(13)21(23)24)12-20-11-10-19-18(20)17(22)14-6-3-2-4-7-14/h2-11H,12H2,1H3. The third kappa shape index (κ3) is 2.94. The van der Waals surface area contributed by atoms with E-state index in [-0.39, 0.29) is 11.5 Å². The molecular formula is C18H15N3O3. The van der Waals surface area contributed by atoms with E-state index < -0.39 is 4.92 Å². The monoisotopic (exact) mass is 321 g/mol. The normalized spacial score (nSPS) is 10.5. The summed E-state index contributed by atoms with van der Waals surface area (Å²) in [6.07, 6.45) is 3.26. The highest BCUT2D eigenvalue weighted by atomic mass is 16.6. The lowest BCUT2D eigenvalue weighted by Gasteiger charge is -2.10. The Labute approximate surface area is 138 Å². The highest BCUT2D eigenvalue weighted by molar-refractivity contribution is 6.06. The van der Waals surface area contributed by atoms with Gasteiger partial charge in [0.2, 0.25) is 5.78 Å². The molecule has 120 valence electrons. The molecule has 1 heterocycles. The summed E-state index contributed by atoms with van der Waals surface area (Å²) in [5.41, 5.74) is 2.00. The molecule has 6 nitrogen and oxygen atoms in total. The molecule has 0 saturated heterocycles. The van der Waals surface area contributed by atoms with Gasteiger partial charge in [-0.3, -0.25) is 14.9 Å². The number of carbonyl (C=O) groups excluding carboxylic acids is 1. The number of aromatic nitrogens is 2. The number of nitrogens with zero attached hydrogens (tertiary/aromatic N) is 3. The molecule has 1 aromatic heterocycles. The van der Waals surface area contributed by atoms with Crippen LogP contribution in [0.5, 0.6) is 0 Å². The van der Waals surface area contributed by atoms with Gasteiger partial charge < -0.3 is 4.57 Å². The number of nitro benzene ring substituents is 1. The van der Waals surface area contributed by atoms with Crippen LogP contribution in [0.1, 0.15) is 27.3 Å². The van der Waals surface area contributed by atoms with E-state index >= 15 is 0 Å². The second kappa shape index (κ2) is 6.45. The van der Waals surface area contributed by atoms with Crippen LogP contribution in [0.15, 0.2) is 60.9 Å². The van der Waals surface area contributed by atoms with E-state index in [2.05, 4.69) is 4.98 Å². The topological polar surface area (TPSA) is 78.0 Å². The number of hydrogen-bond acceptors (Lipinski definition) is 4. The van der Waals surface area contributed by atoms with Gasteiger partial charge in [-0.15, -0.1) is 0 Å². The maximum atomic E-state index is 12.6. The van der Waals surface area contributed by atoms with Crippen LogP contribution in [0.3, 0.4) is 0 Å². The Morgan fingerprint density at radius 2 is 1.92 bits per heavy atom. The van der Waals surface area contributed by atoms with E-state index in [1.54, 1.807) is 54.2 Å². The molecule has 0 radical (unpaired) electrons. The molecule has 0 aliphatic carbocycles. The zero-order valence-electron chi connectivity index (χ0n) is 13.0. The Balaban J connectivity index is 1.94. The van der Waals surface area contributed by atoms with Crippen molar-refractivity contribution >= 4 is 11.5 Å². The summed E-state index contributed by atoms with van der Waals surface area (Å²) in [6, 6.07) is 13.9. The molecule has 0 amide bonds. The van der Waals surface area contributed by atoms with Crippen molar-refractivity contribution in [2.75, 3.05) is 0 Å². The van der Waals surface area contributed by atoms with Crippen molar-refractivity contribution in [1.29, 1.82) is 0 Å². The summed E-state index contributed by atoms with van der Waals surface area (Å²) in [7, 11) is 0. The highest BCUT2D eigenvalue weighted by Gasteiger charge is 2.17. The SMILES string of the molecule is Cc1c(Cn2ccnc2C(=O)c2ccccc2)cccc1[N+](=O)[O-]. The molecule has 3 aromatic rings. The van der Waals surface area contributed by atoms with E-state index in [9.17, 15) is 14.9 Å². The first-order valence-electron chi connectivity index (χ1n) is 7.41. The maximum Gasteiger partial charge on any atom is 0.272 e. The molecule has 6 heteroatoms. The molecule has 3 rings (SSSR count). The fourth-order valence-electron chi connectivity index (χ4n) is 2.59. The van der Waals surface area contributed by atoms with Gasteiger partial charge in [0, 0.05) is 36.1 Å². The second-order valence-corrected chi connectivity index (χ2v) is 5.39. The highest BCUT2D eigenvalue weighted by Crippen LogP contribution is 2.22. The van der Waals surface area contributed by atoms with Crippen molar-refractivity contribution in [3.8, 4) is 0 Å². The Kier molecular flexibility index (Phi) is 4.20. The first kappa shape index (κ1) is 15.6. The van der Waals surface area contributed by atoms with E-state index in [4.69, 9.17) is 0 Å². The van der Waals surface area contributed by atoms with Crippen LogP contribution in [0, 0.1) is 17.0 Å². The summed E-state index contributed by atoms with van der Waals surface area (Å²) in [6.45, 7) is 2.06. The minimum absolute atomic E-state index is 0.0727. The predicted octanol–water partition coefficient (Wildman–Crippen LogP) is 3.38. The number of benzene rings is 2. The van der Waals surface area contributed by atoms with Gasteiger partial charge in [-0.1, -0.05) is 42.5 Å². The molecule has 0 atom stereocenters. The predicted molar refractivity (Wildman–Crippen MR) is 89.0 cm³/mol. The molecule has 0 aliphatic heterocycles. The Morgan fingerprint density at radius 3 is 2.62 bits per heavy atom. The van der Waals surface area contributed by atoms with Gasteiger partial charge in [0.1, 0.15) is 0 Å². The van der Waals surface area contributed by atoms with Crippen LogP contribution >= 0.6 is 0 Å². The van der Waals surface area contributed by atoms with E-state index in [1.165, 1.54) is 6.07 Å². The Hall–Kier alpha value is -3.28. The molecule has 2 aromatic carbocycles. The summed E-state index contributed by atoms with van der Waals surface area (Å²) >= 11 is 0. The molecule has 0 N–H and O–H groups in total. The zero-order valence-corrected chi connectivity index (χ0v) is 13.0. The molecule has 0 saturated carbocycles. The lowest BCUT2D eigenvalue weighted by Crippen LogP contribution is -2.12. The van der Waals surface area contributed by atoms with Gasteiger partial charge in [-0.25, -0.2) is 4.98 Å². The lowest BCUT2D eigenvalue weighted by molar-refractivity contribution is -0.385. The molecular weight excluding hydrogens is 306 g/mol. The fraction of sp³-hybridized carbons (Fsp3) is 0.111. The summed E-state index contributed by atoms with van der Waals surface area (Å²) in [5, 5.41) is 11.1. The minimum Gasteiger partial charge on any atom is -0.324 e. The van der Waals surface area contributed by atoms with Crippen molar-refractivity contribution < 1.29 is 9.72 Å². The first-order valence-corrected chi connectivity index (χ1v) is 7.41. The van der Waals surface area contributed by atoms with E-state index in [0.717, 1.165) is 5.56 Å². The quantitative estimate of drug-likeness (QED) is 0.410. The Bertz CT molecular complexity index is 901. The molecule has 24 heavy (non-hydrogen) atoms. The van der Waals surface area contributed by atoms with Crippen LogP contribution in [0.4, 0.5) is 5.69 Å². The van der Waals surface area contributed by atoms with Crippen LogP contribution in [-0.4, -0.2) is 20.3 Å². The average molecular weight is 321 g/mol. The lowest BCUT2D eigenvalue weighted by atomic mass is 10.1. The van der Waals surface area contributed by atoms with E-state index in [1.807, 2.05) is 12.1 Å². The zero-order chi connectivity index (χ0) is 17.1. The van der Waals surface area contributed by atoms with Gasteiger partial charge >= 0.3 is 0 Å². The van der Waals surface area contributed by atoms with Gasteiger partial charge in [0.25, 0.3) is 5.69 Å². The third-order valence-electron chi connectivity index (χ3n) is 3.91. The molecule has 0 spiro atoms. The van der Waals surface area contributed by atoms with Crippen molar-refractivity contribution in [3.63, 3.8) is 0 Å². The van der Waals surface area contributed by atoms with Crippen molar-refractivity contribution in [3.05, 3.63) is 93.6 Å². The summed E-state index contributed by atoms with van der Waals surface area (Å²) < 4.78 is 1.71. The third-order valence-corrected chi connectivity index (χ3v) is 3.91. The van der Waals surface area contributed by atoms with Crippen LogP contribution in [0.25, 0.3) is 0 Å². The van der Waals surface area contributed by atoms with Gasteiger partial charge in [-0.05, 0) is 12.5 Å². The molecule has 0 fully saturated rings. The molecule has 0 aliphatic rings. The van der Waals surface area contributed by atoms with Gasteiger partial charge in [0.05, 0.1) is 4.92 Å². The van der Waals surface area contributed by atoms with Crippen LogP contribution < -0.4 is 0 Å². The van der Waals surface area contributed by atoms with Gasteiger partial charge in [-0.2, -0.15) is 0 Å². The Morgan fingerprint density at radius 1 is 1.17 bits per heavy atom. The number of ketones is 1. The minimum atomic E-state index is -0.400. The van der Waals surface area contributed by atoms with E-state index in [0.29, 0.717) is 23.5 Å². The molecule has 0 bridgehead atoms. The smallest absolute Gasteiger partial charge is 0.272 e. The fourth-order valence-corrected chi connectivity index (χ4v) is 2.59. The first-order chi connectivity index (χ1) is 11.6. The maximum absolute atomic E-state index is 12.6. The van der Waals surface area contributed by atoms with Crippen molar-refractivity contribution in [1.82, 2.24) is 9.55 Å². The van der Waals surface area contributed by atoms with Crippen LogP contribution in [0.2, 0.25) is 0 Å². The number of rotatable bonds is 5. The molecule has 0 unspecified atom stereocenters. The summed E-state index contributed by atoms with van der Waals surface area (Å²) in [5.74, 6) is 0.135. The summed E-state index contributed by atoms with van der Waals surface area (Å²) in [4.78, 5) is 27.4. The van der Waals surface area contributed by atoms with Crippen molar-refractivity contribution in [2.24, 2.45) is 0 Å². The second-order valence-electron chi connectivity index (χ2n) is 5.39. The number of imidazole rings is 1. The number of nitro groups is 1. The van der Waals surface area contributed by atoms with Crippen molar-refractivity contribution in [2.45, 2.75) is 13.5 Å². The van der Waals surface area contributed by atoms with Gasteiger partial charge in [0.15, 0.2) is 5.82 Å². The average Bonchev–Trinajstić information content (AvgIpc) is 3.04.